The lowest BCUT2D eigenvalue weighted by Crippen LogP contribution is -2.49. The molecule has 0 unspecified atom stereocenters. The molecule has 0 aromatic heterocycles. The van der Waals surface area contributed by atoms with E-state index in [4.69, 9.17) is 11.6 Å². The zero-order chi connectivity index (χ0) is 27.6. The van der Waals surface area contributed by atoms with Crippen LogP contribution in [-0.4, -0.2) is 60.6 Å². The van der Waals surface area contributed by atoms with Crippen molar-refractivity contribution in [2.24, 2.45) is 0 Å². The highest BCUT2D eigenvalue weighted by molar-refractivity contribution is 7.87. The number of carbonyl (C=O) groups is 2. The number of rotatable bonds is 9. The van der Waals surface area contributed by atoms with Crippen molar-refractivity contribution in [2.45, 2.75) is 69.5 Å². The Bertz CT molecular complexity index is 1320. The molecule has 0 bridgehead atoms. The normalized spacial score (nSPS) is 21.4. The van der Waals surface area contributed by atoms with E-state index < -0.39 is 39.9 Å². The van der Waals surface area contributed by atoms with Gasteiger partial charge in [-0.05, 0) is 49.9 Å². The van der Waals surface area contributed by atoms with Gasteiger partial charge in [-0.25, -0.2) is 4.39 Å². The zero-order valence-corrected chi connectivity index (χ0v) is 23.3. The standard InChI is InChI=1S/C28H34ClFN4O4S/c29-25-14-5-4-13-24(25)27(28(36)31-21-9-2-1-3-10-21)34(23-11-6-8-20(30)18-23)26(35)19-22-12-7-15-33(22)39(37,38)32-16-17-32/h4-6,8,11,13-14,18,21-22,27H,1-3,7,9-10,12,15-17,19H2,(H,31,36)/t22-,27-/m0/s1. The van der Waals surface area contributed by atoms with Crippen molar-refractivity contribution >= 4 is 39.3 Å². The fourth-order valence-corrected chi connectivity index (χ4v) is 7.72. The second-order valence-electron chi connectivity index (χ2n) is 10.5. The molecular weight excluding hydrogens is 543 g/mol. The summed E-state index contributed by atoms with van der Waals surface area (Å²) in [6.45, 7) is 1.29. The molecule has 2 aromatic carbocycles. The molecule has 1 saturated carbocycles. The van der Waals surface area contributed by atoms with E-state index in [9.17, 15) is 22.4 Å². The van der Waals surface area contributed by atoms with Crippen LogP contribution >= 0.6 is 11.6 Å². The predicted octanol–water partition coefficient (Wildman–Crippen LogP) is 4.42. The van der Waals surface area contributed by atoms with Gasteiger partial charge in [0.05, 0.1) is 0 Å². The van der Waals surface area contributed by atoms with Crippen molar-refractivity contribution in [3.05, 3.63) is 64.9 Å². The Balaban J connectivity index is 1.51. The van der Waals surface area contributed by atoms with Gasteiger partial charge in [-0.3, -0.25) is 14.5 Å². The zero-order valence-electron chi connectivity index (χ0n) is 21.8. The van der Waals surface area contributed by atoms with E-state index in [0.29, 0.717) is 43.1 Å². The lowest BCUT2D eigenvalue weighted by Gasteiger charge is -2.35. The molecule has 11 heteroatoms. The Morgan fingerprint density at radius 2 is 1.74 bits per heavy atom. The molecule has 1 aliphatic carbocycles. The van der Waals surface area contributed by atoms with Crippen molar-refractivity contribution in [1.29, 1.82) is 0 Å². The molecule has 39 heavy (non-hydrogen) atoms. The fourth-order valence-electron chi connectivity index (χ4n) is 5.72. The SMILES string of the molecule is O=C(NC1CCCCC1)[C@H](c1ccccc1Cl)N(C(=O)C[C@@H]1CCCN1S(=O)(=O)N1CC1)c1cccc(F)c1. The monoisotopic (exact) mass is 576 g/mol. The molecule has 8 nitrogen and oxygen atoms in total. The second kappa shape index (κ2) is 11.9. The molecule has 2 atom stereocenters. The summed E-state index contributed by atoms with van der Waals surface area (Å²) in [7, 11) is -3.64. The number of anilines is 1. The first kappa shape index (κ1) is 28.0. The second-order valence-corrected chi connectivity index (χ2v) is 12.8. The smallest absolute Gasteiger partial charge is 0.282 e. The van der Waals surface area contributed by atoms with Crippen molar-refractivity contribution in [2.75, 3.05) is 24.5 Å². The molecule has 0 spiro atoms. The lowest BCUT2D eigenvalue weighted by molar-refractivity contribution is -0.127. The molecule has 3 aliphatic rings. The molecule has 210 valence electrons. The average molecular weight is 577 g/mol. The molecule has 2 amide bonds. The van der Waals surface area contributed by atoms with Gasteiger partial charge >= 0.3 is 0 Å². The molecule has 1 N–H and O–H groups in total. The summed E-state index contributed by atoms with van der Waals surface area (Å²) in [5, 5.41) is 3.42. The number of hydrogen-bond acceptors (Lipinski definition) is 4. The van der Waals surface area contributed by atoms with Crippen LogP contribution < -0.4 is 10.2 Å². The fraction of sp³-hybridized carbons (Fsp3) is 0.500. The number of nitrogens with one attached hydrogen (secondary N) is 1. The highest BCUT2D eigenvalue weighted by Crippen LogP contribution is 2.35. The molecule has 0 radical (unpaired) electrons. The van der Waals surface area contributed by atoms with Gasteiger partial charge in [-0.1, -0.05) is 55.1 Å². The van der Waals surface area contributed by atoms with Gasteiger partial charge in [0.15, 0.2) is 0 Å². The van der Waals surface area contributed by atoms with Crippen LogP contribution in [0, 0.1) is 5.82 Å². The van der Waals surface area contributed by atoms with Crippen LogP contribution in [0.15, 0.2) is 48.5 Å². The number of carbonyl (C=O) groups excluding carboxylic acids is 2. The topological polar surface area (TPSA) is 89.8 Å². The summed E-state index contributed by atoms with van der Waals surface area (Å²) in [4.78, 5) is 29.4. The van der Waals surface area contributed by atoms with Gasteiger partial charge in [0.1, 0.15) is 11.9 Å². The third-order valence-corrected chi connectivity index (χ3v) is 10.2. The number of halogens is 2. The number of hydrogen-bond donors (Lipinski definition) is 1. The number of benzene rings is 2. The number of nitrogens with zero attached hydrogens (tertiary/aromatic N) is 3. The minimum Gasteiger partial charge on any atom is -0.351 e. The van der Waals surface area contributed by atoms with E-state index in [2.05, 4.69) is 5.32 Å². The maximum Gasteiger partial charge on any atom is 0.282 e. The van der Waals surface area contributed by atoms with E-state index >= 15 is 0 Å². The Kier molecular flexibility index (Phi) is 8.56. The van der Waals surface area contributed by atoms with Crippen molar-refractivity contribution < 1.29 is 22.4 Å². The minimum absolute atomic E-state index is 0.0243. The van der Waals surface area contributed by atoms with Crippen LogP contribution in [0.4, 0.5) is 10.1 Å². The van der Waals surface area contributed by atoms with E-state index in [0.717, 1.165) is 32.1 Å². The highest BCUT2D eigenvalue weighted by Gasteiger charge is 2.44. The van der Waals surface area contributed by atoms with Crippen LogP contribution in [0.2, 0.25) is 5.02 Å². The maximum absolute atomic E-state index is 14.5. The molecule has 2 aromatic rings. The van der Waals surface area contributed by atoms with Crippen molar-refractivity contribution in [3.63, 3.8) is 0 Å². The van der Waals surface area contributed by atoms with Gasteiger partial charge < -0.3 is 5.32 Å². The molecular formula is C28H34ClFN4O4S. The quantitative estimate of drug-likeness (QED) is 0.448. The van der Waals surface area contributed by atoms with Crippen LogP contribution in [0.1, 0.15) is 63.0 Å². The van der Waals surface area contributed by atoms with Crippen LogP contribution in [0.25, 0.3) is 0 Å². The largest absolute Gasteiger partial charge is 0.351 e. The molecule has 2 heterocycles. The summed E-state index contributed by atoms with van der Waals surface area (Å²) < 4.78 is 43.2. The Morgan fingerprint density at radius 3 is 2.44 bits per heavy atom. The average Bonchev–Trinajstić information content (AvgIpc) is 3.68. The summed E-state index contributed by atoms with van der Waals surface area (Å²) in [5.41, 5.74) is 0.632. The Labute approximate surface area is 234 Å². The summed E-state index contributed by atoms with van der Waals surface area (Å²) in [6.07, 6.45) is 5.87. The van der Waals surface area contributed by atoms with E-state index in [1.54, 1.807) is 30.3 Å². The van der Waals surface area contributed by atoms with E-state index in [-0.39, 0.29) is 18.2 Å². The third-order valence-electron chi connectivity index (χ3n) is 7.78. The van der Waals surface area contributed by atoms with E-state index in [1.807, 2.05) is 0 Å². The maximum atomic E-state index is 14.5. The van der Waals surface area contributed by atoms with Gasteiger partial charge in [0.2, 0.25) is 11.8 Å². The highest BCUT2D eigenvalue weighted by atomic mass is 35.5. The van der Waals surface area contributed by atoms with Gasteiger partial charge in [0.25, 0.3) is 10.2 Å². The summed E-state index contributed by atoms with van der Waals surface area (Å²) >= 11 is 6.58. The van der Waals surface area contributed by atoms with Crippen molar-refractivity contribution in [1.82, 2.24) is 13.9 Å². The first-order valence-corrected chi connectivity index (χ1v) is 15.4. The van der Waals surface area contributed by atoms with Crippen LogP contribution in [0.3, 0.4) is 0 Å². The van der Waals surface area contributed by atoms with Crippen molar-refractivity contribution in [3.8, 4) is 0 Å². The number of amides is 2. The molecule has 2 saturated heterocycles. The summed E-state index contributed by atoms with van der Waals surface area (Å²) in [5.74, 6) is -1.42. The Morgan fingerprint density at radius 1 is 1.00 bits per heavy atom. The first-order chi connectivity index (χ1) is 18.8. The van der Waals surface area contributed by atoms with Gasteiger partial charge in [-0.2, -0.15) is 17.0 Å². The van der Waals surface area contributed by atoms with Crippen LogP contribution in [0.5, 0.6) is 0 Å². The first-order valence-electron chi connectivity index (χ1n) is 13.6. The van der Waals surface area contributed by atoms with Crippen LogP contribution in [-0.2, 0) is 19.8 Å². The van der Waals surface area contributed by atoms with E-state index in [1.165, 1.54) is 31.7 Å². The predicted molar refractivity (Wildman–Crippen MR) is 148 cm³/mol. The van der Waals surface area contributed by atoms with Gasteiger partial charge in [0, 0.05) is 54.4 Å². The molecule has 5 rings (SSSR count). The lowest BCUT2D eigenvalue weighted by atomic mass is 9.94. The Hall–Kier alpha value is -2.53. The minimum atomic E-state index is -3.64. The third kappa shape index (κ3) is 6.29. The molecule has 3 fully saturated rings. The summed E-state index contributed by atoms with van der Waals surface area (Å²) in [6, 6.07) is 10.7. The molecule has 2 aliphatic heterocycles. The van der Waals surface area contributed by atoms with Gasteiger partial charge in [-0.15, -0.1) is 0 Å².